The Morgan fingerprint density at radius 1 is 1.33 bits per heavy atom. The summed E-state index contributed by atoms with van der Waals surface area (Å²) in [5, 5.41) is 2.91. The van der Waals surface area contributed by atoms with Gasteiger partial charge in [0.15, 0.2) is 0 Å². The van der Waals surface area contributed by atoms with E-state index in [9.17, 15) is 0 Å². The topological polar surface area (TPSA) is 72.4 Å². The van der Waals surface area contributed by atoms with Crippen molar-refractivity contribution in [3.05, 3.63) is 0 Å². The number of nitrogens with one attached hydrogen (secondary N) is 1. The molecule has 0 aromatic carbocycles. The third kappa shape index (κ3) is 2.79. The average molecular weight is 253 g/mol. The molecular formula is C11H19N5O2. The lowest BCUT2D eigenvalue weighted by Gasteiger charge is -2.17. The quantitative estimate of drug-likeness (QED) is 0.814. The van der Waals surface area contributed by atoms with Crippen molar-refractivity contribution < 1.29 is 9.47 Å². The van der Waals surface area contributed by atoms with Crippen molar-refractivity contribution in [3.63, 3.8) is 0 Å². The molecule has 100 valence electrons. The van der Waals surface area contributed by atoms with Crippen LogP contribution in [0.1, 0.15) is 6.42 Å². The van der Waals surface area contributed by atoms with Crippen LogP contribution in [0, 0.1) is 5.92 Å². The Morgan fingerprint density at radius 2 is 2.17 bits per heavy atom. The molecule has 1 aliphatic heterocycles. The van der Waals surface area contributed by atoms with Gasteiger partial charge in [-0.2, -0.15) is 15.0 Å². The van der Waals surface area contributed by atoms with Gasteiger partial charge in [-0.15, -0.1) is 0 Å². The molecule has 1 aromatic rings. The first-order valence-corrected chi connectivity index (χ1v) is 5.98. The highest BCUT2D eigenvalue weighted by atomic mass is 16.5. The summed E-state index contributed by atoms with van der Waals surface area (Å²) in [7, 11) is 5.06. The number of anilines is 2. The Kier molecular flexibility index (Phi) is 4.14. The largest absolute Gasteiger partial charge is 0.467 e. The highest BCUT2D eigenvalue weighted by Crippen LogP contribution is 2.22. The SMILES string of the molecule is CNc1nc(OC)nc(N2CCC(COC)C2)n1. The van der Waals surface area contributed by atoms with Crippen LogP contribution >= 0.6 is 0 Å². The van der Waals surface area contributed by atoms with Crippen LogP contribution in [0.4, 0.5) is 11.9 Å². The summed E-state index contributed by atoms with van der Waals surface area (Å²) in [6, 6.07) is 0.333. The van der Waals surface area contributed by atoms with E-state index in [1.807, 2.05) is 0 Å². The van der Waals surface area contributed by atoms with Crippen LogP contribution in [0.3, 0.4) is 0 Å². The molecule has 0 amide bonds. The summed E-state index contributed by atoms with van der Waals surface area (Å²) in [5.74, 6) is 1.72. The van der Waals surface area contributed by atoms with Crippen LogP contribution in [0.25, 0.3) is 0 Å². The van der Waals surface area contributed by atoms with Crippen molar-refractivity contribution in [1.82, 2.24) is 15.0 Å². The lowest BCUT2D eigenvalue weighted by molar-refractivity contribution is 0.161. The summed E-state index contributed by atoms with van der Waals surface area (Å²) in [5.41, 5.74) is 0. The van der Waals surface area contributed by atoms with Gasteiger partial charge in [0.2, 0.25) is 11.9 Å². The Balaban J connectivity index is 2.13. The predicted molar refractivity (Wildman–Crippen MR) is 68.1 cm³/mol. The van der Waals surface area contributed by atoms with E-state index in [1.54, 1.807) is 21.3 Å². The minimum absolute atomic E-state index is 0.333. The van der Waals surface area contributed by atoms with Gasteiger partial charge in [-0.1, -0.05) is 0 Å². The number of ether oxygens (including phenoxy) is 2. The van der Waals surface area contributed by atoms with Gasteiger partial charge in [-0.3, -0.25) is 0 Å². The third-order valence-corrected chi connectivity index (χ3v) is 2.98. The minimum Gasteiger partial charge on any atom is -0.467 e. The molecule has 7 nitrogen and oxygen atoms in total. The van der Waals surface area contributed by atoms with Crippen LogP contribution in [0.15, 0.2) is 0 Å². The molecule has 1 unspecified atom stereocenters. The molecule has 18 heavy (non-hydrogen) atoms. The summed E-state index contributed by atoms with van der Waals surface area (Å²) in [4.78, 5) is 14.8. The fraction of sp³-hybridized carbons (Fsp3) is 0.727. The van der Waals surface area contributed by atoms with Crippen LogP contribution in [-0.2, 0) is 4.74 Å². The van der Waals surface area contributed by atoms with E-state index in [1.165, 1.54) is 0 Å². The number of methoxy groups -OCH3 is 2. The van der Waals surface area contributed by atoms with Crippen LogP contribution in [0.5, 0.6) is 6.01 Å². The molecule has 0 saturated carbocycles. The van der Waals surface area contributed by atoms with Crippen molar-refractivity contribution in [2.75, 3.05) is 51.2 Å². The maximum atomic E-state index is 5.18. The first-order chi connectivity index (χ1) is 8.76. The molecule has 1 N–H and O–H groups in total. The number of hydrogen-bond acceptors (Lipinski definition) is 7. The molecule has 7 heteroatoms. The van der Waals surface area contributed by atoms with E-state index >= 15 is 0 Å². The van der Waals surface area contributed by atoms with Crippen LogP contribution in [0.2, 0.25) is 0 Å². The van der Waals surface area contributed by atoms with Crippen molar-refractivity contribution in [2.24, 2.45) is 5.92 Å². The van der Waals surface area contributed by atoms with Gasteiger partial charge in [-0.25, -0.2) is 0 Å². The first-order valence-electron chi connectivity index (χ1n) is 5.98. The smallest absolute Gasteiger partial charge is 0.322 e. The van der Waals surface area contributed by atoms with Crippen molar-refractivity contribution >= 4 is 11.9 Å². The zero-order valence-electron chi connectivity index (χ0n) is 11.0. The van der Waals surface area contributed by atoms with Gasteiger partial charge < -0.3 is 19.7 Å². The average Bonchev–Trinajstić information content (AvgIpc) is 2.87. The summed E-state index contributed by atoms with van der Waals surface area (Å²) in [6.45, 7) is 2.62. The molecule has 1 atom stereocenters. The predicted octanol–water partition coefficient (Wildman–Crippen LogP) is 0.395. The number of nitrogens with zero attached hydrogens (tertiary/aromatic N) is 4. The molecule has 0 spiro atoms. The van der Waals surface area contributed by atoms with Crippen LogP contribution in [-0.4, -0.2) is 55.9 Å². The van der Waals surface area contributed by atoms with Gasteiger partial charge >= 0.3 is 6.01 Å². The summed E-state index contributed by atoms with van der Waals surface area (Å²) in [6.07, 6.45) is 1.09. The lowest BCUT2D eigenvalue weighted by atomic mass is 10.1. The maximum Gasteiger partial charge on any atom is 0.322 e. The number of rotatable bonds is 5. The lowest BCUT2D eigenvalue weighted by Crippen LogP contribution is -2.24. The van der Waals surface area contributed by atoms with Crippen molar-refractivity contribution in [2.45, 2.75) is 6.42 Å². The molecule has 1 aromatic heterocycles. The Morgan fingerprint density at radius 3 is 2.83 bits per heavy atom. The van der Waals surface area contributed by atoms with Gasteiger partial charge in [0.1, 0.15) is 0 Å². The van der Waals surface area contributed by atoms with E-state index in [-0.39, 0.29) is 0 Å². The fourth-order valence-corrected chi connectivity index (χ4v) is 2.08. The molecule has 1 aliphatic rings. The maximum absolute atomic E-state index is 5.18. The van der Waals surface area contributed by atoms with Crippen molar-refractivity contribution in [1.29, 1.82) is 0 Å². The third-order valence-electron chi connectivity index (χ3n) is 2.98. The summed E-state index contributed by atoms with van der Waals surface area (Å²) < 4.78 is 10.3. The molecule has 2 heterocycles. The first kappa shape index (κ1) is 12.8. The highest BCUT2D eigenvalue weighted by Gasteiger charge is 2.25. The molecule has 1 fully saturated rings. The molecule has 2 rings (SSSR count). The van der Waals surface area contributed by atoms with E-state index in [4.69, 9.17) is 9.47 Å². The van der Waals surface area contributed by atoms with E-state index in [2.05, 4.69) is 25.2 Å². The minimum atomic E-state index is 0.333. The van der Waals surface area contributed by atoms with Crippen molar-refractivity contribution in [3.8, 4) is 6.01 Å². The number of hydrogen-bond donors (Lipinski definition) is 1. The van der Waals surface area contributed by atoms with Gasteiger partial charge in [0.05, 0.1) is 13.7 Å². The molecule has 0 radical (unpaired) electrons. The Bertz CT molecular complexity index is 379. The van der Waals surface area contributed by atoms with Gasteiger partial charge in [-0.05, 0) is 6.42 Å². The zero-order valence-corrected chi connectivity index (χ0v) is 11.0. The van der Waals surface area contributed by atoms with Crippen LogP contribution < -0.4 is 15.0 Å². The highest BCUT2D eigenvalue weighted by molar-refractivity contribution is 5.39. The normalized spacial score (nSPS) is 19.1. The van der Waals surface area contributed by atoms with Gasteiger partial charge in [0.25, 0.3) is 0 Å². The zero-order chi connectivity index (χ0) is 13.0. The molecule has 0 aliphatic carbocycles. The summed E-state index contributed by atoms with van der Waals surface area (Å²) >= 11 is 0. The number of aromatic nitrogens is 3. The van der Waals surface area contributed by atoms with E-state index in [0.29, 0.717) is 23.8 Å². The van der Waals surface area contributed by atoms with Gasteiger partial charge in [0, 0.05) is 33.2 Å². The second-order valence-corrected chi connectivity index (χ2v) is 4.25. The van der Waals surface area contributed by atoms with E-state index in [0.717, 1.165) is 26.1 Å². The molecular weight excluding hydrogens is 234 g/mol. The fourth-order valence-electron chi connectivity index (χ4n) is 2.08. The molecule has 0 bridgehead atoms. The Labute approximate surface area is 107 Å². The second-order valence-electron chi connectivity index (χ2n) is 4.25. The standard InChI is InChI=1S/C11H19N5O2/c1-12-9-13-10(15-11(14-9)18-3)16-5-4-8(6-16)7-17-2/h8H,4-7H2,1-3H3,(H,12,13,14,15). The van der Waals surface area contributed by atoms with E-state index < -0.39 is 0 Å². The monoisotopic (exact) mass is 253 g/mol. The molecule has 1 saturated heterocycles. The Hall–Kier alpha value is -1.63. The second kappa shape index (κ2) is 5.81.